The van der Waals surface area contributed by atoms with E-state index in [1.54, 1.807) is 37.4 Å². The van der Waals surface area contributed by atoms with Gasteiger partial charge in [-0.05, 0) is 68.0 Å². The first kappa shape index (κ1) is 33.7. The average Bonchev–Trinajstić information content (AvgIpc) is 3.63. The molecule has 1 aliphatic heterocycles. The molecule has 2 fully saturated rings. The van der Waals surface area contributed by atoms with Crippen LogP contribution in [0.15, 0.2) is 73.1 Å². The molecule has 1 saturated heterocycles. The maximum Gasteiger partial charge on any atom is 0.248 e. The Morgan fingerprint density at radius 2 is 1.90 bits per heavy atom. The lowest BCUT2D eigenvalue weighted by Crippen LogP contribution is -2.33. The molecule has 2 aliphatic rings. The van der Waals surface area contributed by atoms with Crippen molar-refractivity contribution in [3.63, 3.8) is 0 Å². The van der Waals surface area contributed by atoms with E-state index >= 15 is 0 Å². The lowest BCUT2D eigenvalue weighted by molar-refractivity contribution is -0.119. The number of nitrogens with zero attached hydrogens (tertiary/aromatic N) is 4. The molecular weight excluding hydrogens is 642 g/mol. The van der Waals surface area contributed by atoms with Crippen LogP contribution in [-0.2, 0) is 16.2 Å². The lowest BCUT2D eigenvalue weighted by Gasteiger charge is -2.17. The minimum absolute atomic E-state index is 0.0303. The SMILES string of the molecule is CCOc1cc2ncc(C#N)c(Nc3ccc(OCc4ccccn4)c(Cl)c3)c2cc1NC(=O)/C=C/CN1C[C@H]2CC(NC(C)=O)C[C@H]2C1. The van der Waals surface area contributed by atoms with Gasteiger partial charge in [-0.2, -0.15) is 5.26 Å². The summed E-state index contributed by atoms with van der Waals surface area (Å²) in [6, 6.07) is 16.9. The van der Waals surface area contributed by atoms with E-state index in [-0.39, 0.29) is 24.5 Å². The van der Waals surface area contributed by atoms with Crippen molar-refractivity contribution in [2.75, 3.05) is 36.9 Å². The molecule has 49 heavy (non-hydrogen) atoms. The van der Waals surface area contributed by atoms with E-state index in [9.17, 15) is 14.9 Å². The van der Waals surface area contributed by atoms with E-state index in [1.807, 2.05) is 37.3 Å². The van der Waals surface area contributed by atoms with Crippen molar-refractivity contribution in [1.29, 1.82) is 5.26 Å². The highest BCUT2D eigenvalue weighted by molar-refractivity contribution is 6.32. The number of amides is 2. The predicted octanol–water partition coefficient (Wildman–Crippen LogP) is 6.22. The highest BCUT2D eigenvalue weighted by Crippen LogP contribution is 2.39. The molecule has 3 atom stereocenters. The maximum atomic E-state index is 13.1. The molecule has 0 spiro atoms. The zero-order valence-electron chi connectivity index (χ0n) is 27.4. The molecule has 1 aliphatic carbocycles. The Labute approximate surface area is 290 Å². The van der Waals surface area contributed by atoms with Gasteiger partial charge in [0.05, 0.1) is 39.8 Å². The topological polar surface area (TPSA) is 142 Å². The Morgan fingerprint density at radius 1 is 1.08 bits per heavy atom. The molecule has 2 amide bonds. The highest BCUT2D eigenvalue weighted by atomic mass is 35.5. The highest BCUT2D eigenvalue weighted by Gasteiger charge is 2.40. The molecule has 4 aromatic rings. The third-order valence-corrected chi connectivity index (χ3v) is 9.11. The molecule has 252 valence electrons. The summed E-state index contributed by atoms with van der Waals surface area (Å²) in [7, 11) is 0. The van der Waals surface area contributed by atoms with Gasteiger partial charge in [-0.15, -0.1) is 0 Å². The van der Waals surface area contributed by atoms with Crippen molar-refractivity contribution in [1.82, 2.24) is 20.2 Å². The number of hydrogen-bond donors (Lipinski definition) is 3. The Hall–Kier alpha value is -5.18. The van der Waals surface area contributed by atoms with E-state index in [1.165, 1.54) is 12.3 Å². The van der Waals surface area contributed by atoms with Gasteiger partial charge in [0.2, 0.25) is 11.8 Å². The predicted molar refractivity (Wildman–Crippen MR) is 189 cm³/mol. The Morgan fingerprint density at radius 3 is 2.59 bits per heavy atom. The number of aromatic nitrogens is 2. The largest absolute Gasteiger partial charge is 0.492 e. The quantitative estimate of drug-likeness (QED) is 0.149. The summed E-state index contributed by atoms with van der Waals surface area (Å²) in [6.45, 7) is 6.68. The summed E-state index contributed by atoms with van der Waals surface area (Å²) >= 11 is 6.57. The number of carbonyl (C=O) groups is 2. The molecule has 6 rings (SSSR count). The Kier molecular flexibility index (Phi) is 10.6. The zero-order valence-corrected chi connectivity index (χ0v) is 28.2. The molecule has 12 heteroatoms. The second kappa shape index (κ2) is 15.4. The standard InChI is InChI=1S/C37H38ClN7O4/c1-3-48-35-17-32-30(16-33(35)44-36(47)8-6-12-45-20-24-13-29(42-23(2)46)14-25(24)21-45)37(26(18-39)19-41-32)43-27-9-10-34(31(38)15-27)49-22-28-7-4-5-11-40-28/h4-11,15-17,19,24-25,29H,3,12-14,20-22H2,1-2H3,(H,41,43)(H,42,46)(H,44,47)/b8-6+/t24-,25+,29?. The number of anilines is 3. The Bertz CT molecular complexity index is 1900. The number of fused-ring (bicyclic) bond motifs is 2. The molecule has 11 nitrogen and oxygen atoms in total. The number of halogens is 1. The smallest absolute Gasteiger partial charge is 0.248 e. The first-order valence-electron chi connectivity index (χ1n) is 16.4. The van der Waals surface area contributed by atoms with Crippen LogP contribution >= 0.6 is 11.6 Å². The fraction of sp³-hybridized carbons (Fsp3) is 0.324. The number of nitriles is 1. The van der Waals surface area contributed by atoms with Crippen molar-refractivity contribution in [2.45, 2.75) is 39.3 Å². The van der Waals surface area contributed by atoms with E-state index in [4.69, 9.17) is 21.1 Å². The monoisotopic (exact) mass is 679 g/mol. The van der Waals surface area contributed by atoms with E-state index in [0.29, 0.717) is 75.0 Å². The van der Waals surface area contributed by atoms with Gasteiger partial charge >= 0.3 is 0 Å². The van der Waals surface area contributed by atoms with Gasteiger partial charge in [0.15, 0.2) is 0 Å². The number of benzene rings is 2. The van der Waals surface area contributed by atoms with Gasteiger partial charge in [0, 0.05) is 68.2 Å². The molecule has 3 N–H and O–H groups in total. The summed E-state index contributed by atoms with van der Waals surface area (Å²) in [5, 5.41) is 20.3. The maximum absolute atomic E-state index is 13.1. The van der Waals surface area contributed by atoms with E-state index < -0.39 is 0 Å². The van der Waals surface area contributed by atoms with Crippen molar-refractivity contribution in [3.8, 4) is 17.6 Å². The molecule has 1 saturated carbocycles. The van der Waals surface area contributed by atoms with Crippen LogP contribution in [0.25, 0.3) is 10.9 Å². The first-order valence-corrected chi connectivity index (χ1v) is 16.7. The van der Waals surface area contributed by atoms with Crippen LogP contribution in [-0.4, -0.2) is 59.0 Å². The van der Waals surface area contributed by atoms with Crippen LogP contribution in [0.5, 0.6) is 11.5 Å². The van der Waals surface area contributed by atoms with Crippen LogP contribution < -0.4 is 25.4 Å². The minimum Gasteiger partial charge on any atom is -0.492 e. The molecule has 2 aromatic carbocycles. The molecule has 0 radical (unpaired) electrons. The second-order valence-corrected chi connectivity index (χ2v) is 12.7. The third kappa shape index (κ3) is 8.28. The number of pyridine rings is 2. The minimum atomic E-state index is -0.294. The normalized spacial score (nSPS) is 18.6. The van der Waals surface area contributed by atoms with Crippen molar-refractivity contribution >= 4 is 51.4 Å². The van der Waals surface area contributed by atoms with Crippen LogP contribution in [0.2, 0.25) is 5.02 Å². The summed E-state index contributed by atoms with van der Waals surface area (Å²) in [5.41, 5.74) is 3.29. The number of rotatable bonds is 12. The molecule has 1 unspecified atom stereocenters. The van der Waals surface area contributed by atoms with Crippen LogP contribution in [0.3, 0.4) is 0 Å². The second-order valence-electron chi connectivity index (χ2n) is 12.3. The Balaban J connectivity index is 1.15. The number of carbonyl (C=O) groups excluding carboxylic acids is 2. The van der Waals surface area contributed by atoms with Crippen LogP contribution in [0, 0.1) is 23.2 Å². The molecular formula is C37H38ClN7O4. The van der Waals surface area contributed by atoms with Gasteiger partial charge < -0.3 is 25.4 Å². The average molecular weight is 680 g/mol. The van der Waals surface area contributed by atoms with E-state index in [0.717, 1.165) is 31.6 Å². The fourth-order valence-electron chi connectivity index (χ4n) is 6.72. The third-order valence-electron chi connectivity index (χ3n) is 8.82. The van der Waals surface area contributed by atoms with Crippen molar-refractivity contribution in [2.24, 2.45) is 11.8 Å². The zero-order chi connectivity index (χ0) is 34.3. The van der Waals surface area contributed by atoms with Gasteiger partial charge in [-0.25, -0.2) is 0 Å². The summed E-state index contributed by atoms with van der Waals surface area (Å²) in [6.07, 6.45) is 8.63. The summed E-state index contributed by atoms with van der Waals surface area (Å²) in [5.74, 6) is 1.85. The van der Waals surface area contributed by atoms with Gasteiger partial charge in [-0.3, -0.25) is 24.5 Å². The number of nitrogens with one attached hydrogen (secondary N) is 3. The number of ether oxygens (including phenoxy) is 2. The van der Waals surface area contributed by atoms with Crippen molar-refractivity contribution in [3.05, 3.63) is 89.4 Å². The fourth-order valence-corrected chi connectivity index (χ4v) is 6.96. The summed E-state index contributed by atoms with van der Waals surface area (Å²) < 4.78 is 11.7. The number of hydrogen-bond acceptors (Lipinski definition) is 9. The van der Waals surface area contributed by atoms with Gasteiger partial charge in [0.25, 0.3) is 0 Å². The molecule has 3 heterocycles. The summed E-state index contributed by atoms with van der Waals surface area (Å²) in [4.78, 5) is 35.6. The van der Waals surface area contributed by atoms with Crippen LogP contribution in [0.1, 0.15) is 37.9 Å². The lowest BCUT2D eigenvalue weighted by atomic mass is 10.0. The molecule has 0 bridgehead atoms. The van der Waals surface area contributed by atoms with Gasteiger partial charge in [-0.1, -0.05) is 23.7 Å². The van der Waals surface area contributed by atoms with E-state index in [2.05, 4.69) is 36.9 Å². The number of likely N-dealkylation sites (tertiary alicyclic amines) is 1. The first-order chi connectivity index (χ1) is 23.8. The van der Waals surface area contributed by atoms with Crippen molar-refractivity contribution < 1.29 is 19.1 Å². The molecule has 2 aromatic heterocycles. The van der Waals surface area contributed by atoms with Crippen LogP contribution in [0.4, 0.5) is 17.1 Å². The van der Waals surface area contributed by atoms with Gasteiger partial charge in [0.1, 0.15) is 24.2 Å².